The van der Waals surface area contributed by atoms with Crippen LogP contribution in [0.3, 0.4) is 0 Å². The van der Waals surface area contributed by atoms with E-state index in [0.29, 0.717) is 39.0 Å². The smallest absolute Gasteiger partial charge is 0.236 e. The molecular formula is C35H52N8O3Si. The van der Waals surface area contributed by atoms with E-state index in [2.05, 4.69) is 69.6 Å². The highest BCUT2D eigenvalue weighted by atomic mass is 28.3. The van der Waals surface area contributed by atoms with Crippen molar-refractivity contribution in [1.82, 2.24) is 29.7 Å². The van der Waals surface area contributed by atoms with Crippen LogP contribution in [0.4, 0.5) is 17.5 Å². The van der Waals surface area contributed by atoms with Crippen LogP contribution < -0.4 is 9.80 Å². The molecule has 5 aliphatic rings. The standard InChI is InChI=1S/C35H52N8O3Si/c1-39-15-8-16-40(2)34(44)25-41-17-18-42(31(24-41)26-45-3)23-28-9-7-10-30(21-28)43(27-46-19-20-47(4,5)6)35-36-14-13-32(38-35)29-11-12-33(39)37-22-29/h7,9-14,21-22,31H,8,15-20,23-27H2,1-6H3. The highest BCUT2D eigenvalue weighted by molar-refractivity contribution is 6.76. The molecule has 0 spiro atoms. The largest absolute Gasteiger partial charge is 0.383 e. The number of methoxy groups -OCH3 is 1. The van der Waals surface area contributed by atoms with Crippen molar-refractivity contribution in [2.45, 2.75) is 44.7 Å². The van der Waals surface area contributed by atoms with Gasteiger partial charge in [-0.05, 0) is 48.4 Å². The summed E-state index contributed by atoms with van der Waals surface area (Å²) in [7, 11) is 4.45. The maximum absolute atomic E-state index is 13.2. The van der Waals surface area contributed by atoms with Gasteiger partial charge in [-0.3, -0.25) is 19.5 Å². The van der Waals surface area contributed by atoms with Gasteiger partial charge < -0.3 is 19.3 Å². The van der Waals surface area contributed by atoms with E-state index in [1.165, 1.54) is 5.56 Å². The Bertz CT molecular complexity index is 1450. The first-order valence-electron chi connectivity index (χ1n) is 16.7. The molecule has 0 radical (unpaired) electrons. The predicted octanol–water partition coefficient (Wildman–Crippen LogP) is 4.42. The zero-order valence-electron chi connectivity index (χ0n) is 29.1. The van der Waals surface area contributed by atoms with Gasteiger partial charge >= 0.3 is 0 Å². The van der Waals surface area contributed by atoms with Crippen molar-refractivity contribution >= 4 is 31.4 Å². The number of nitrogens with zero attached hydrogens (tertiary/aromatic N) is 8. The third-order valence-electron chi connectivity index (χ3n) is 8.96. The van der Waals surface area contributed by atoms with E-state index in [4.69, 9.17) is 24.4 Å². The number of anilines is 3. The van der Waals surface area contributed by atoms with Crippen LogP contribution >= 0.6 is 0 Å². The van der Waals surface area contributed by atoms with Crippen molar-refractivity contribution in [3.8, 4) is 11.3 Å². The average molecular weight is 661 g/mol. The van der Waals surface area contributed by atoms with Crippen LogP contribution in [0.1, 0.15) is 12.0 Å². The average Bonchev–Trinajstić information content (AvgIpc) is 3.05. The van der Waals surface area contributed by atoms with E-state index in [-0.39, 0.29) is 11.9 Å². The molecule has 5 aliphatic heterocycles. The number of ether oxygens (including phenoxy) is 2. The van der Waals surface area contributed by atoms with Crippen molar-refractivity contribution < 1.29 is 14.3 Å². The summed E-state index contributed by atoms with van der Waals surface area (Å²) >= 11 is 0. The lowest BCUT2D eigenvalue weighted by atomic mass is 10.1. The molecule has 1 amide bonds. The van der Waals surface area contributed by atoms with Gasteiger partial charge in [0, 0.05) is 105 Å². The minimum absolute atomic E-state index is 0.154. The second kappa shape index (κ2) is 16.1. The maximum atomic E-state index is 13.2. The summed E-state index contributed by atoms with van der Waals surface area (Å²) in [6.45, 7) is 13.9. The number of carbonyl (C=O) groups is 1. The molecule has 0 saturated carbocycles. The summed E-state index contributed by atoms with van der Waals surface area (Å²) in [5.74, 6) is 1.62. The van der Waals surface area contributed by atoms with Gasteiger partial charge in [0.2, 0.25) is 11.9 Å². The SMILES string of the molecule is COCC1CN2CCN1Cc1cccc(c1)N(COCC[Si](C)(C)C)c1nccc(n1)-c1ccc(nc1)N(C)CCCN(C)C(=O)C2. The molecule has 12 heteroatoms. The van der Waals surface area contributed by atoms with Crippen molar-refractivity contribution in [3.63, 3.8) is 0 Å². The fourth-order valence-corrected chi connectivity index (χ4v) is 6.75. The summed E-state index contributed by atoms with van der Waals surface area (Å²) in [5.41, 5.74) is 3.90. The Labute approximate surface area is 281 Å². The number of hydrogen-bond acceptors (Lipinski definition) is 10. The van der Waals surface area contributed by atoms with Crippen molar-refractivity contribution in [2.75, 3.05) is 90.2 Å². The number of benzene rings is 1. The van der Waals surface area contributed by atoms with Crippen LogP contribution in [0.5, 0.6) is 0 Å². The number of pyridine rings is 1. The Balaban J connectivity index is 1.47. The van der Waals surface area contributed by atoms with Crippen LogP contribution in [0.2, 0.25) is 25.7 Å². The molecule has 11 nitrogen and oxygen atoms in total. The summed E-state index contributed by atoms with van der Waals surface area (Å²) < 4.78 is 11.9. The molecule has 0 N–H and O–H groups in total. The van der Waals surface area contributed by atoms with Crippen molar-refractivity contribution in [3.05, 3.63) is 60.4 Å². The second-order valence-electron chi connectivity index (χ2n) is 14.0. The number of likely N-dealkylation sites (N-methyl/N-ethyl adjacent to an activating group) is 1. The molecule has 3 unspecified atom stereocenters. The molecule has 1 saturated heterocycles. The molecule has 47 heavy (non-hydrogen) atoms. The van der Waals surface area contributed by atoms with E-state index in [1.54, 1.807) is 7.11 Å². The Morgan fingerprint density at radius 3 is 2.55 bits per heavy atom. The van der Waals surface area contributed by atoms with Gasteiger partial charge in [0.15, 0.2) is 0 Å². The monoisotopic (exact) mass is 660 g/mol. The minimum Gasteiger partial charge on any atom is -0.383 e. The van der Waals surface area contributed by atoms with Crippen LogP contribution in [-0.2, 0) is 20.8 Å². The molecule has 1 fully saturated rings. The fourth-order valence-electron chi connectivity index (χ4n) is 6.00. The third kappa shape index (κ3) is 9.80. The van der Waals surface area contributed by atoms with Gasteiger partial charge in [-0.15, -0.1) is 0 Å². The van der Waals surface area contributed by atoms with Crippen molar-refractivity contribution in [1.29, 1.82) is 0 Å². The molecule has 8 rings (SSSR count). The quantitative estimate of drug-likeness (QED) is 0.268. The third-order valence-corrected chi connectivity index (χ3v) is 10.7. The number of carbonyl (C=O) groups excluding carboxylic acids is 1. The van der Waals surface area contributed by atoms with Gasteiger partial charge in [0.25, 0.3) is 0 Å². The molecule has 3 atom stereocenters. The molecule has 7 heterocycles. The highest BCUT2D eigenvalue weighted by Crippen LogP contribution is 2.27. The second-order valence-corrected chi connectivity index (χ2v) is 19.6. The Morgan fingerprint density at radius 2 is 1.79 bits per heavy atom. The highest BCUT2D eigenvalue weighted by Gasteiger charge is 2.29. The fraction of sp³-hybridized carbons (Fsp3) is 0.543. The van der Waals surface area contributed by atoms with Gasteiger partial charge in [0.05, 0.1) is 18.8 Å². The molecule has 3 aromatic rings. The molecular weight excluding hydrogens is 609 g/mol. The van der Waals surface area contributed by atoms with E-state index < -0.39 is 8.07 Å². The van der Waals surface area contributed by atoms with E-state index in [9.17, 15) is 4.79 Å². The molecule has 2 aromatic heterocycles. The normalized spacial score (nSPS) is 21.4. The van der Waals surface area contributed by atoms with Crippen LogP contribution in [0.25, 0.3) is 11.3 Å². The topological polar surface area (TPSA) is 90.4 Å². The van der Waals surface area contributed by atoms with Gasteiger partial charge in [-0.25, -0.2) is 15.0 Å². The Morgan fingerprint density at radius 1 is 0.957 bits per heavy atom. The number of rotatable bonds is 7. The molecule has 254 valence electrons. The van der Waals surface area contributed by atoms with E-state index >= 15 is 0 Å². The number of aromatic nitrogens is 3. The van der Waals surface area contributed by atoms with E-state index in [1.807, 2.05) is 43.5 Å². The lowest BCUT2D eigenvalue weighted by Gasteiger charge is -2.41. The zero-order valence-corrected chi connectivity index (χ0v) is 30.1. The summed E-state index contributed by atoms with van der Waals surface area (Å²) in [6, 6.07) is 15.9. The first-order valence-corrected chi connectivity index (χ1v) is 20.4. The van der Waals surface area contributed by atoms with Crippen LogP contribution in [0.15, 0.2) is 54.9 Å². The molecule has 0 aliphatic carbocycles. The summed E-state index contributed by atoms with van der Waals surface area (Å²) in [5, 5.41) is 0. The van der Waals surface area contributed by atoms with Gasteiger partial charge in [-0.2, -0.15) is 0 Å². The van der Waals surface area contributed by atoms with Crippen LogP contribution in [-0.4, -0.2) is 130 Å². The molecule has 1 aromatic carbocycles. The maximum Gasteiger partial charge on any atom is 0.236 e. The molecule has 8 bridgehead atoms. The number of hydrogen-bond donors (Lipinski definition) is 0. The van der Waals surface area contributed by atoms with E-state index in [0.717, 1.165) is 68.0 Å². The predicted molar refractivity (Wildman–Crippen MR) is 191 cm³/mol. The zero-order chi connectivity index (χ0) is 33.4. The first kappa shape index (κ1) is 34.9. The number of piperazine rings is 1. The minimum atomic E-state index is -1.25. The summed E-state index contributed by atoms with van der Waals surface area (Å²) in [4.78, 5) is 38.5. The van der Waals surface area contributed by atoms with Crippen LogP contribution in [0, 0.1) is 0 Å². The Hall–Kier alpha value is -3.42. The van der Waals surface area contributed by atoms with Gasteiger partial charge in [-0.1, -0.05) is 31.8 Å². The Kier molecular flexibility index (Phi) is 12.0. The first-order chi connectivity index (χ1) is 22.6. The number of amides is 1. The lowest BCUT2D eigenvalue weighted by molar-refractivity contribution is -0.132. The lowest BCUT2D eigenvalue weighted by Crippen LogP contribution is -2.56. The summed E-state index contributed by atoms with van der Waals surface area (Å²) in [6.07, 6.45) is 4.53. The van der Waals surface area contributed by atoms with Gasteiger partial charge in [0.1, 0.15) is 12.5 Å². The van der Waals surface area contributed by atoms with Crippen molar-refractivity contribution in [2.24, 2.45) is 0 Å².